The zero-order valence-corrected chi connectivity index (χ0v) is 20.6. The normalized spacial score (nSPS) is 25.3. The number of nitrogens with one attached hydrogen (secondary N) is 1. The quantitative estimate of drug-likeness (QED) is 0.322. The van der Waals surface area contributed by atoms with Crippen LogP contribution in [0.4, 0.5) is 5.69 Å². The number of anilines is 1. The Labute approximate surface area is 203 Å². The van der Waals surface area contributed by atoms with Gasteiger partial charge in [-0.25, -0.2) is 0 Å². The van der Waals surface area contributed by atoms with Crippen LogP contribution in [0.2, 0.25) is 0 Å². The maximum atomic E-state index is 13.0. The van der Waals surface area contributed by atoms with E-state index in [0.717, 1.165) is 36.3 Å². The van der Waals surface area contributed by atoms with E-state index in [9.17, 15) is 24.9 Å². The smallest absolute Gasteiger partial charge is 0.252 e. The minimum atomic E-state index is -1.69. The van der Waals surface area contributed by atoms with Gasteiger partial charge in [0.2, 0.25) is 5.91 Å². The average Bonchev–Trinajstić information content (AvgIpc) is 2.94. The molecule has 1 fully saturated rings. The van der Waals surface area contributed by atoms with Crippen LogP contribution in [0.25, 0.3) is 0 Å². The molecule has 2 amide bonds. The second-order valence-electron chi connectivity index (χ2n) is 9.00. The number of methoxy groups -OCH3 is 1. The Bertz CT molecular complexity index is 916. The molecule has 1 aromatic carbocycles. The molecular formula is C25H36N2O6S. The van der Waals surface area contributed by atoms with Gasteiger partial charge in [-0.3, -0.25) is 9.59 Å². The number of hydrogen-bond acceptors (Lipinski definition) is 6. The van der Waals surface area contributed by atoms with Gasteiger partial charge in [0.1, 0.15) is 24.4 Å². The van der Waals surface area contributed by atoms with Crippen molar-refractivity contribution < 1.29 is 29.6 Å². The lowest BCUT2D eigenvalue weighted by Crippen LogP contribution is -2.56. The Kier molecular flexibility index (Phi) is 9.44. The molecule has 4 N–H and O–H groups in total. The number of amides is 2. The number of carbonyl (C=O) groups is 2. The number of rotatable bonds is 8. The molecule has 34 heavy (non-hydrogen) atoms. The number of ether oxygens (including phenoxy) is 1. The van der Waals surface area contributed by atoms with Crippen molar-refractivity contribution in [3.63, 3.8) is 0 Å². The summed E-state index contributed by atoms with van der Waals surface area (Å²) in [6, 6.07) is 6.60. The van der Waals surface area contributed by atoms with E-state index in [1.165, 1.54) is 24.5 Å². The van der Waals surface area contributed by atoms with Crippen LogP contribution < -0.4 is 10.2 Å². The van der Waals surface area contributed by atoms with E-state index < -0.39 is 46.8 Å². The van der Waals surface area contributed by atoms with Crippen molar-refractivity contribution in [3.8, 4) is 0 Å². The van der Waals surface area contributed by atoms with Gasteiger partial charge >= 0.3 is 0 Å². The lowest BCUT2D eigenvalue weighted by atomic mass is 9.88. The first-order chi connectivity index (χ1) is 16.2. The molecule has 188 valence electrons. The molecular weight excluding hydrogens is 456 g/mol. The molecule has 1 heterocycles. The van der Waals surface area contributed by atoms with Gasteiger partial charge in [0, 0.05) is 24.8 Å². The van der Waals surface area contributed by atoms with Crippen LogP contribution in [0.1, 0.15) is 32.1 Å². The summed E-state index contributed by atoms with van der Waals surface area (Å²) in [4.78, 5) is 28.4. The van der Waals surface area contributed by atoms with Crippen molar-refractivity contribution in [1.82, 2.24) is 5.32 Å². The summed E-state index contributed by atoms with van der Waals surface area (Å²) < 4.78 is 5.17. The molecule has 0 radical (unpaired) electrons. The number of aliphatic hydroxyl groups is 3. The zero-order valence-electron chi connectivity index (χ0n) is 19.8. The van der Waals surface area contributed by atoms with E-state index in [4.69, 9.17) is 4.74 Å². The number of benzene rings is 1. The third-order valence-corrected chi connectivity index (χ3v) is 8.31. The van der Waals surface area contributed by atoms with E-state index in [1.54, 1.807) is 7.05 Å². The number of likely N-dealkylation sites (N-methyl/N-ethyl adjacent to an activating group) is 1. The molecule has 0 aromatic heterocycles. The largest absolute Gasteiger partial charge is 0.387 e. The number of aliphatic hydroxyl groups excluding tert-OH is 3. The molecule has 3 rings (SSSR count). The second kappa shape index (κ2) is 12.1. The van der Waals surface area contributed by atoms with E-state index in [1.807, 2.05) is 30.3 Å². The molecule has 1 aliphatic carbocycles. The lowest BCUT2D eigenvalue weighted by molar-refractivity contribution is -0.150. The maximum Gasteiger partial charge on any atom is 0.252 e. The number of hydrogen-bond donors (Lipinski definition) is 4. The molecule has 0 saturated heterocycles. The number of nitrogens with zero attached hydrogens (tertiary/aromatic N) is 1. The number of fused-ring (bicyclic) bond motifs is 1. The number of allylic oxidation sites excluding steroid dienone is 1. The maximum absolute atomic E-state index is 13.0. The van der Waals surface area contributed by atoms with Crippen molar-refractivity contribution in [2.24, 2.45) is 5.92 Å². The average molecular weight is 493 g/mol. The Morgan fingerprint density at radius 2 is 1.88 bits per heavy atom. The highest BCUT2D eigenvalue weighted by molar-refractivity contribution is 8.14. The lowest BCUT2D eigenvalue weighted by Gasteiger charge is -2.29. The second-order valence-corrected chi connectivity index (χ2v) is 10.8. The third-order valence-electron chi connectivity index (χ3n) is 6.60. The highest BCUT2D eigenvalue weighted by atomic mass is 32.2. The molecule has 1 aromatic rings. The van der Waals surface area contributed by atoms with Gasteiger partial charge in [0.25, 0.3) is 5.91 Å². The molecule has 1 saturated carbocycles. The standard InChI is InChI=1S/C25H36N2O6S/c1-27-18-11-7-8-12-20(18)34(3)15-17(25(27)32)26-24(31)23(33-2)22(30)21(29)19(28)14-13-16-9-5-4-6-10-16/h7-8,11-14,16-17,19,21-23,28-30H,3-6,9-10,15H2,1-2H3,(H,26,31)/b14-13+/t17-,19+,21-,22+,23+,34?/m0/s1. The van der Waals surface area contributed by atoms with E-state index in [-0.39, 0.29) is 5.91 Å². The molecule has 0 spiro atoms. The van der Waals surface area contributed by atoms with Gasteiger partial charge in [-0.15, -0.1) is 0 Å². The summed E-state index contributed by atoms with van der Waals surface area (Å²) >= 11 is 0. The van der Waals surface area contributed by atoms with Crippen LogP contribution >= 0.6 is 10.5 Å². The van der Waals surface area contributed by atoms with Crippen LogP contribution in [0.5, 0.6) is 0 Å². The van der Waals surface area contributed by atoms with E-state index in [0.29, 0.717) is 11.7 Å². The summed E-state index contributed by atoms with van der Waals surface area (Å²) in [7, 11) is 2.33. The van der Waals surface area contributed by atoms with Gasteiger partial charge in [-0.2, -0.15) is 10.5 Å². The number of para-hydroxylation sites is 1. The molecule has 0 bridgehead atoms. The SMILES string of the molecule is C=S1C[C@H](NC(=O)[C@H](OC)[C@H](O)[C@@H](O)[C@H](O)/C=C/C2CCCCC2)C(=O)N(C)c2ccccc21. The van der Waals surface area contributed by atoms with Gasteiger partial charge in [-0.1, -0.05) is 49.4 Å². The van der Waals surface area contributed by atoms with Gasteiger partial charge < -0.3 is 30.3 Å². The first-order valence-corrected chi connectivity index (χ1v) is 13.2. The van der Waals surface area contributed by atoms with Gasteiger partial charge in [0.05, 0.1) is 5.69 Å². The fraction of sp³-hybridized carbons (Fsp3) is 0.560. The van der Waals surface area contributed by atoms with Crippen molar-refractivity contribution in [3.05, 3.63) is 36.4 Å². The molecule has 8 nitrogen and oxygen atoms in total. The molecule has 1 aliphatic heterocycles. The summed E-state index contributed by atoms with van der Waals surface area (Å²) in [6.07, 6.45) is 2.75. The highest BCUT2D eigenvalue weighted by Crippen LogP contribution is 2.37. The van der Waals surface area contributed by atoms with Crippen molar-refractivity contribution >= 4 is 33.9 Å². The summed E-state index contributed by atoms with van der Waals surface area (Å²) in [6.45, 7) is 0. The molecule has 1 unspecified atom stereocenters. The minimum Gasteiger partial charge on any atom is -0.387 e. The van der Waals surface area contributed by atoms with Crippen LogP contribution in [0.15, 0.2) is 41.3 Å². The van der Waals surface area contributed by atoms with Crippen LogP contribution in [-0.2, 0) is 14.3 Å². The Morgan fingerprint density at radius 1 is 1.21 bits per heavy atom. The Hall–Kier alpha value is -2.04. The predicted octanol–water partition coefficient (Wildman–Crippen LogP) is 1.44. The third kappa shape index (κ3) is 6.14. The van der Waals surface area contributed by atoms with Gasteiger partial charge in [-0.05, 0) is 30.9 Å². The van der Waals surface area contributed by atoms with Gasteiger partial charge in [0.15, 0.2) is 6.10 Å². The van der Waals surface area contributed by atoms with E-state index >= 15 is 0 Å². The van der Waals surface area contributed by atoms with Crippen molar-refractivity contribution in [2.45, 2.75) is 67.5 Å². The zero-order chi connectivity index (χ0) is 24.8. The summed E-state index contributed by atoms with van der Waals surface area (Å²) in [5, 5.41) is 34.1. The topological polar surface area (TPSA) is 119 Å². The van der Waals surface area contributed by atoms with Crippen molar-refractivity contribution in [1.29, 1.82) is 0 Å². The van der Waals surface area contributed by atoms with Crippen LogP contribution in [-0.4, -0.2) is 83.4 Å². The van der Waals surface area contributed by atoms with E-state index in [2.05, 4.69) is 11.2 Å². The summed E-state index contributed by atoms with van der Waals surface area (Å²) in [5.74, 6) is 3.76. The van der Waals surface area contributed by atoms with Crippen molar-refractivity contribution in [2.75, 3.05) is 24.8 Å². The van der Waals surface area contributed by atoms with Crippen LogP contribution in [0.3, 0.4) is 0 Å². The first-order valence-electron chi connectivity index (χ1n) is 11.7. The molecule has 6 atom stereocenters. The summed E-state index contributed by atoms with van der Waals surface area (Å²) in [5.41, 5.74) is 0.745. The first kappa shape index (κ1) is 26.6. The number of carbonyl (C=O) groups excluding carboxylic acids is 2. The Balaban J connectivity index is 1.65. The molecule has 9 heteroatoms. The predicted molar refractivity (Wildman–Crippen MR) is 134 cm³/mol. The monoisotopic (exact) mass is 492 g/mol. The highest BCUT2D eigenvalue weighted by Gasteiger charge is 2.38. The fourth-order valence-electron chi connectivity index (χ4n) is 4.54. The Morgan fingerprint density at radius 3 is 2.56 bits per heavy atom. The minimum absolute atomic E-state index is 0.299. The fourth-order valence-corrected chi connectivity index (χ4v) is 6.12. The molecule has 2 aliphatic rings. The van der Waals surface area contributed by atoms with Crippen LogP contribution in [0, 0.1) is 5.92 Å².